The van der Waals surface area contributed by atoms with Crippen molar-refractivity contribution < 1.29 is 15.3 Å². The minimum Gasteiger partial charge on any atom is -0.854 e. The Balaban J connectivity index is -0.0000000450. The van der Waals surface area contributed by atoms with Gasteiger partial charge in [0.2, 0.25) is 0 Å². The maximum absolute atomic E-state index is 9.30. The zero-order valence-electron chi connectivity index (χ0n) is 9.21. The van der Waals surface area contributed by atoms with Gasteiger partial charge >= 0.3 is 48.9 Å². The van der Waals surface area contributed by atoms with Crippen LogP contribution in [-0.4, -0.2) is 73.8 Å². The van der Waals surface area contributed by atoms with Crippen LogP contribution >= 0.6 is 0 Å². The molecular formula is C9H22BaO3. The van der Waals surface area contributed by atoms with Crippen LogP contribution in [0.5, 0.6) is 0 Å². The van der Waals surface area contributed by atoms with E-state index in [9.17, 15) is 10.2 Å². The number of hydrogen-bond donors (Lipinski definition) is 1. The van der Waals surface area contributed by atoms with Crippen molar-refractivity contribution in [1.82, 2.24) is 0 Å². The topological polar surface area (TPSA) is 66.3 Å². The zero-order chi connectivity index (χ0) is 10.2. The normalized spacial score (nSPS) is 6.92. The van der Waals surface area contributed by atoms with Crippen molar-refractivity contribution in [2.24, 2.45) is 0 Å². The molecule has 3 nitrogen and oxygen atoms in total. The molecule has 0 aromatic carbocycles. The van der Waals surface area contributed by atoms with Gasteiger partial charge < -0.3 is 15.3 Å². The van der Waals surface area contributed by atoms with E-state index in [-0.39, 0.29) is 62.1 Å². The molecule has 0 fully saturated rings. The van der Waals surface area contributed by atoms with Gasteiger partial charge in [-0.2, -0.15) is 0 Å². The summed E-state index contributed by atoms with van der Waals surface area (Å²) in [5.74, 6) is 0. The summed E-state index contributed by atoms with van der Waals surface area (Å²) < 4.78 is 0. The molecular weight excluding hydrogens is 293 g/mol. The molecule has 0 aromatic heterocycles. The maximum atomic E-state index is 9.30. The van der Waals surface area contributed by atoms with Crippen LogP contribution in [0.1, 0.15) is 40.0 Å². The smallest absolute Gasteiger partial charge is 0.854 e. The second-order valence-electron chi connectivity index (χ2n) is 2.13. The van der Waals surface area contributed by atoms with Crippen molar-refractivity contribution in [3.63, 3.8) is 0 Å². The molecule has 13 heavy (non-hydrogen) atoms. The first-order valence-corrected chi connectivity index (χ1v) is 4.51. The van der Waals surface area contributed by atoms with Gasteiger partial charge in [-0.05, 0) is 6.42 Å². The summed E-state index contributed by atoms with van der Waals surface area (Å²) in [6.45, 7) is 6.12. The molecule has 0 amide bonds. The molecule has 0 saturated heterocycles. The molecule has 0 radical (unpaired) electrons. The first-order valence-electron chi connectivity index (χ1n) is 4.51. The van der Waals surface area contributed by atoms with Gasteiger partial charge in [-0.1, -0.05) is 33.6 Å². The van der Waals surface area contributed by atoms with Crippen molar-refractivity contribution in [2.75, 3.05) is 19.8 Å². The Morgan fingerprint density at radius 1 is 0.846 bits per heavy atom. The van der Waals surface area contributed by atoms with Gasteiger partial charge in [0.25, 0.3) is 0 Å². The minimum absolute atomic E-state index is 0. The molecule has 1 N–H and O–H groups in total. The Morgan fingerprint density at radius 2 is 1.00 bits per heavy atom. The Morgan fingerprint density at radius 3 is 1.00 bits per heavy atom. The SMILES string of the molecule is CCCO.CCC[O-].CCC[O-].[Ba+2]. The number of aliphatic hydroxyl groups excluding tert-OH is 1. The quantitative estimate of drug-likeness (QED) is 0.716. The third-order valence-electron chi connectivity index (χ3n) is 0.632. The first kappa shape index (κ1) is 23.9. The predicted molar refractivity (Wildman–Crippen MR) is 53.4 cm³/mol. The molecule has 0 spiro atoms. The Kier molecular flexibility index (Phi) is 69.2. The van der Waals surface area contributed by atoms with Crippen LogP contribution in [0.4, 0.5) is 0 Å². The Hall–Kier alpha value is 1.45. The molecule has 4 heteroatoms. The van der Waals surface area contributed by atoms with Crippen molar-refractivity contribution in [3.8, 4) is 0 Å². The Labute approximate surface area is 123 Å². The average Bonchev–Trinajstić information content (AvgIpc) is 2.18. The summed E-state index contributed by atoms with van der Waals surface area (Å²) in [5.41, 5.74) is 0. The molecule has 0 saturated carbocycles. The van der Waals surface area contributed by atoms with Gasteiger partial charge in [-0.3, -0.25) is 0 Å². The van der Waals surface area contributed by atoms with E-state index in [2.05, 4.69) is 0 Å². The Bertz CT molecular complexity index is 30.3. The van der Waals surface area contributed by atoms with E-state index in [1.165, 1.54) is 0 Å². The van der Waals surface area contributed by atoms with Crippen LogP contribution in [0.15, 0.2) is 0 Å². The largest absolute Gasteiger partial charge is 2.00 e. The van der Waals surface area contributed by atoms with E-state index >= 15 is 0 Å². The second-order valence-corrected chi connectivity index (χ2v) is 2.13. The molecule has 0 aliphatic heterocycles. The number of rotatable bonds is 3. The molecule has 0 aliphatic rings. The van der Waals surface area contributed by atoms with E-state index in [0.717, 1.165) is 19.3 Å². The summed E-state index contributed by atoms with van der Waals surface area (Å²) in [7, 11) is 0. The van der Waals surface area contributed by atoms with Crippen LogP contribution < -0.4 is 10.2 Å². The van der Waals surface area contributed by atoms with Gasteiger partial charge in [-0.25, -0.2) is 0 Å². The van der Waals surface area contributed by atoms with Gasteiger partial charge in [0.15, 0.2) is 0 Å². The van der Waals surface area contributed by atoms with E-state index in [4.69, 9.17) is 5.11 Å². The average molecular weight is 316 g/mol. The number of aliphatic hydroxyl groups is 1. The molecule has 0 aromatic rings. The third kappa shape index (κ3) is 89.0. The zero-order valence-corrected chi connectivity index (χ0v) is 13.7. The fraction of sp³-hybridized carbons (Fsp3) is 1.00. The molecule has 0 heterocycles. The van der Waals surface area contributed by atoms with E-state index < -0.39 is 0 Å². The van der Waals surface area contributed by atoms with E-state index in [1.54, 1.807) is 0 Å². The van der Waals surface area contributed by atoms with Crippen molar-refractivity contribution in [3.05, 3.63) is 0 Å². The predicted octanol–water partition coefficient (Wildman–Crippen LogP) is -0.479. The fourth-order valence-corrected chi connectivity index (χ4v) is 0. The van der Waals surface area contributed by atoms with Crippen LogP contribution in [0.3, 0.4) is 0 Å². The second kappa shape index (κ2) is 37.6. The molecule has 0 aliphatic carbocycles. The summed E-state index contributed by atoms with van der Waals surface area (Å²) >= 11 is 0. The molecule has 0 bridgehead atoms. The minimum atomic E-state index is 0. The van der Waals surface area contributed by atoms with Gasteiger partial charge in [0.05, 0.1) is 0 Å². The molecule has 0 unspecified atom stereocenters. The van der Waals surface area contributed by atoms with Gasteiger partial charge in [0.1, 0.15) is 0 Å². The van der Waals surface area contributed by atoms with Crippen LogP contribution in [0, 0.1) is 0 Å². The van der Waals surface area contributed by atoms with Crippen molar-refractivity contribution in [2.45, 2.75) is 40.0 Å². The van der Waals surface area contributed by atoms with Crippen molar-refractivity contribution >= 4 is 48.9 Å². The monoisotopic (exact) mass is 316 g/mol. The van der Waals surface area contributed by atoms with Crippen LogP contribution in [0.25, 0.3) is 0 Å². The van der Waals surface area contributed by atoms with E-state index in [0.29, 0.717) is 6.61 Å². The van der Waals surface area contributed by atoms with E-state index in [1.807, 2.05) is 20.8 Å². The third-order valence-corrected chi connectivity index (χ3v) is 0.632. The standard InChI is InChI=1S/C3H8O.2C3H7O.Ba/c3*1-2-3-4;/h4H,2-3H2,1H3;2*2-3H2,1H3;/q;2*-1;+2. The number of hydrogen-bond acceptors (Lipinski definition) is 3. The molecule has 0 rings (SSSR count). The molecule has 78 valence electrons. The van der Waals surface area contributed by atoms with Crippen molar-refractivity contribution in [1.29, 1.82) is 0 Å². The summed E-state index contributed by atoms with van der Waals surface area (Å²) in [6.07, 6.45) is 2.40. The molecule has 0 atom stereocenters. The maximum Gasteiger partial charge on any atom is 2.00 e. The van der Waals surface area contributed by atoms with Gasteiger partial charge in [-0.15, -0.1) is 13.2 Å². The first-order chi connectivity index (χ1) is 5.74. The summed E-state index contributed by atoms with van der Waals surface area (Å²) in [6, 6.07) is 0. The summed E-state index contributed by atoms with van der Waals surface area (Å²) in [4.78, 5) is 0. The summed E-state index contributed by atoms with van der Waals surface area (Å²) in [5, 5.41) is 26.5. The fourth-order valence-electron chi connectivity index (χ4n) is 0. The van der Waals surface area contributed by atoms with Crippen LogP contribution in [-0.2, 0) is 0 Å². The van der Waals surface area contributed by atoms with Gasteiger partial charge in [0, 0.05) is 6.61 Å². The van der Waals surface area contributed by atoms with Crippen LogP contribution in [0.2, 0.25) is 0 Å².